The van der Waals surface area contributed by atoms with Gasteiger partial charge < -0.3 is 0 Å². The summed E-state index contributed by atoms with van der Waals surface area (Å²) in [5.41, 5.74) is 0.619. The van der Waals surface area contributed by atoms with Gasteiger partial charge in [0, 0.05) is 4.90 Å². The van der Waals surface area contributed by atoms with Crippen molar-refractivity contribution in [3.8, 4) is 0 Å². The van der Waals surface area contributed by atoms with Gasteiger partial charge >= 0.3 is 0 Å². The topological polar surface area (TPSA) is 46.2 Å². The van der Waals surface area contributed by atoms with Gasteiger partial charge in [0.2, 0.25) is 0 Å². The Kier molecular flexibility index (Phi) is 3.76. The number of hydrogen-bond donors (Lipinski definition) is 1. The molecule has 0 amide bonds. The monoisotopic (exact) mass is 285 g/mol. The third-order valence-electron chi connectivity index (χ3n) is 2.11. The first-order valence-electron chi connectivity index (χ1n) is 4.83. The van der Waals surface area contributed by atoms with E-state index in [9.17, 15) is 8.42 Å². The standard InChI is InChI=1S/C11H11NO2S3/c1-15-10-6-3-2-5-9(10)12-17(13,14)11-7-4-8-16-11/h2-8,12H,1H3. The zero-order chi connectivity index (χ0) is 12.3. The average molecular weight is 285 g/mol. The largest absolute Gasteiger partial charge is 0.278 e. The van der Waals surface area contributed by atoms with Crippen LogP contribution in [-0.2, 0) is 10.0 Å². The molecule has 1 aromatic heterocycles. The summed E-state index contributed by atoms with van der Waals surface area (Å²) in [6.45, 7) is 0. The van der Waals surface area contributed by atoms with Crippen LogP contribution >= 0.6 is 23.1 Å². The van der Waals surface area contributed by atoms with Crippen molar-refractivity contribution in [2.75, 3.05) is 11.0 Å². The Bertz CT molecular complexity index is 591. The minimum Gasteiger partial charge on any atom is -0.278 e. The van der Waals surface area contributed by atoms with E-state index in [0.29, 0.717) is 9.90 Å². The van der Waals surface area contributed by atoms with Crippen LogP contribution in [0.25, 0.3) is 0 Å². The molecule has 1 N–H and O–H groups in total. The highest BCUT2D eigenvalue weighted by atomic mass is 32.2. The first-order chi connectivity index (χ1) is 8.13. The van der Waals surface area contributed by atoms with Crippen LogP contribution < -0.4 is 4.72 Å². The minimum absolute atomic E-state index is 0.327. The molecule has 17 heavy (non-hydrogen) atoms. The molecular formula is C11H11NO2S3. The van der Waals surface area contributed by atoms with Gasteiger partial charge in [0.15, 0.2) is 0 Å². The van der Waals surface area contributed by atoms with E-state index in [1.54, 1.807) is 23.6 Å². The molecule has 0 unspecified atom stereocenters. The van der Waals surface area contributed by atoms with Crippen molar-refractivity contribution in [3.05, 3.63) is 41.8 Å². The SMILES string of the molecule is CSc1ccccc1NS(=O)(=O)c1cccs1. The number of nitrogens with one attached hydrogen (secondary N) is 1. The summed E-state index contributed by atoms with van der Waals surface area (Å²) >= 11 is 2.72. The predicted molar refractivity (Wildman–Crippen MR) is 73.4 cm³/mol. The summed E-state index contributed by atoms with van der Waals surface area (Å²) in [5.74, 6) is 0. The van der Waals surface area contributed by atoms with E-state index in [4.69, 9.17) is 0 Å². The van der Waals surface area contributed by atoms with Crippen molar-refractivity contribution in [2.24, 2.45) is 0 Å². The molecule has 3 nitrogen and oxygen atoms in total. The number of benzene rings is 1. The second-order valence-corrected chi connectivity index (χ2v) is 6.94. The molecule has 2 rings (SSSR count). The quantitative estimate of drug-likeness (QED) is 0.877. The van der Waals surface area contributed by atoms with Crippen LogP contribution in [0.2, 0.25) is 0 Å². The second kappa shape index (κ2) is 5.12. The van der Waals surface area contributed by atoms with E-state index in [1.165, 1.54) is 23.1 Å². The lowest BCUT2D eigenvalue weighted by molar-refractivity contribution is 0.603. The molecule has 0 saturated heterocycles. The summed E-state index contributed by atoms with van der Waals surface area (Å²) < 4.78 is 27.0. The molecule has 90 valence electrons. The minimum atomic E-state index is -3.45. The molecule has 0 aliphatic rings. The van der Waals surface area contributed by atoms with Crippen molar-refractivity contribution in [1.82, 2.24) is 0 Å². The van der Waals surface area contributed by atoms with Gasteiger partial charge in [0.1, 0.15) is 4.21 Å². The average Bonchev–Trinajstić information content (AvgIpc) is 2.83. The Morgan fingerprint density at radius 3 is 2.59 bits per heavy atom. The third kappa shape index (κ3) is 2.83. The van der Waals surface area contributed by atoms with Crippen molar-refractivity contribution in [1.29, 1.82) is 0 Å². The lowest BCUT2D eigenvalue weighted by Gasteiger charge is -2.09. The van der Waals surface area contributed by atoms with Crippen molar-refractivity contribution in [2.45, 2.75) is 9.10 Å². The summed E-state index contributed by atoms with van der Waals surface area (Å²) in [6, 6.07) is 10.7. The van der Waals surface area contributed by atoms with E-state index in [2.05, 4.69) is 4.72 Å². The summed E-state index contributed by atoms with van der Waals surface area (Å²) in [4.78, 5) is 0.910. The molecule has 0 fully saturated rings. The van der Waals surface area contributed by atoms with E-state index in [0.717, 1.165) is 4.90 Å². The molecule has 1 heterocycles. The zero-order valence-corrected chi connectivity index (χ0v) is 11.5. The Hall–Kier alpha value is -0.980. The fraction of sp³-hybridized carbons (Fsp3) is 0.0909. The molecule has 0 aliphatic heterocycles. The molecule has 2 aromatic rings. The zero-order valence-electron chi connectivity index (χ0n) is 9.08. The second-order valence-electron chi connectivity index (χ2n) is 3.24. The predicted octanol–water partition coefficient (Wildman–Crippen LogP) is 3.27. The number of sulfonamides is 1. The highest BCUT2D eigenvalue weighted by Gasteiger charge is 2.16. The van der Waals surface area contributed by atoms with Crippen LogP contribution in [-0.4, -0.2) is 14.7 Å². The summed E-state index contributed by atoms with van der Waals surface area (Å²) in [7, 11) is -3.45. The van der Waals surface area contributed by atoms with Crippen LogP contribution in [0.5, 0.6) is 0 Å². The van der Waals surface area contributed by atoms with Gasteiger partial charge in [-0.1, -0.05) is 18.2 Å². The maximum Gasteiger partial charge on any atom is 0.271 e. The van der Waals surface area contributed by atoms with Crippen LogP contribution in [0.15, 0.2) is 50.9 Å². The van der Waals surface area contributed by atoms with E-state index in [1.807, 2.05) is 24.5 Å². The van der Waals surface area contributed by atoms with E-state index in [-0.39, 0.29) is 0 Å². The van der Waals surface area contributed by atoms with Gasteiger partial charge in [0.05, 0.1) is 5.69 Å². The molecule has 0 aliphatic carbocycles. The first-order valence-corrected chi connectivity index (χ1v) is 8.41. The molecule has 0 radical (unpaired) electrons. The van der Waals surface area contributed by atoms with Crippen LogP contribution in [0.3, 0.4) is 0 Å². The number of hydrogen-bond acceptors (Lipinski definition) is 4. The molecule has 1 aromatic carbocycles. The Morgan fingerprint density at radius 2 is 1.94 bits per heavy atom. The number of thioether (sulfide) groups is 1. The number of rotatable bonds is 4. The maximum absolute atomic E-state index is 12.0. The van der Waals surface area contributed by atoms with Crippen LogP contribution in [0.1, 0.15) is 0 Å². The highest BCUT2D eigenvalue weighted by Crippen LogP contribution is 2.27. The van der Waals surface area contributed by atoms with Crippen molar-refractivity contribution in [3.63, 3.8) is 0 Å². The molecule has 0 spiro atoms. The number of para-hydroxylation sites is 1. The van der Waals surface area contributed by atoms with Gasteiger partial charge in [-0.2, -0.15) is 0 Å². The molecule has 0 bridgehead atoms. The fourth-order valence-corrected chi connectivity index (χ4v) is 4.03. The molecule has 0 saturated carbocycles. The Balaban J connectivity index is 2.33. The highest BCUT2D eigenvalue weighted by molar-refractivity contribution is 7.99. The third-order valence-corrected chi connectivity index (χ3v) is 5.67. The maximum atomic E-state index is 12.0. The van der Waals surface area contributed by atoms with Gasteiger partial charge in [0.25, 0.3) is 10.0 Å². The van der Waals surface area contributed by atoms with Gasteiger partial charge in [-0.3, -0.25) is 4.72 Å². The molecular weight excluding hydrogens is 274 g/mol. The molecule has 0 atom stereocenters. The normalized spacial score (nSPS) is 11.4. The Labute approximate surface area is 109 Å². The van der Waals surface area contributed by atoms with Crippen molar-refractivity contribution < 1.29 is 8.42 Å². The van der Waals surface area contributed by atoms with Gasteiger partial charge in [-0.15, -0.1) is 23.1 Å². The fourth-order valence-electron chi connectivity index (χ4n) is 1.34. The van der Waals surface area contributed by atoms with Crippen LogP contribution in [0, 0.1) is 0 Å². The van der Waals surface area contributed by atoms with Gasteiger partial charge in [-0.05, 0) is 29.8 Å². The lowest BCUT2D eigenvalue weighted by atomic mass is 10.3. The number of anilines is 1. The molecule has 6 heteroatoms. The first kappa shape index (κ1) is 12.5. The number of thiophene rings is 1. The summed E-state index contributed by atoms with van der Waals surface area (Å²) in [6.07, 6.45) is 1.91. The van der Waals surface area contributed by atoms with Gasteiger partial charge in [-0.25, -0.2) is 8.42 Å². The smallest absolute Gasteiger partial charge is 0.271 e. The van der Waals surface area contributed by atoms with Crippen LogP contribution in [0.4, 0.5) is 5.69 Å². The van der Waals surface area contributed by atoms with E-state index >= 15 is 0 Å². The van der Waals surface area contributed by atoms with E-state index < -0.39 is 10.0 Å². The Morgan fingerprint density at radius 1 is 1.18 bits per heavy atom. The van der Waals surface area contributed by atoms with Crippen molar-refractivity contribution >= 4 is 38.8 Å². The lowest BCUT2D eigenvalue weighted by Crippen LogP contribution is -2.11. The summed E-state index contributed by atoms with van der Waals surface area (Å²) in [5, 5.41) is 1.75.